The molecule has 0 aliphatic carbocycles. The molecule has 0 spiro atoms. The van der Waals surface area contributed by atoms with E-state index < -0.39 is 0 Å². The molecule has 0 saturated heterocycles. The maximum atomic E-state index is 11.9. The lowest BCUT2D eigenvalue weighted by molar-refractivity contribution is 0.0954. The Hall–Kier alpha value is -1.71. The van der Waals surface area contributed by atoms with Crippen LogP contribution < -0.4 is 5.43 Å². The van der Waals surface area contributed by atoms with Crippen molar-refractivity contribution in [1.29, 1.82) is 0 Å². The maximum absolute atomic E-state index is 11.9. The van der Waals surface area contributed by atoms with Crippen molar-refractivity contribution < 1.29 is 4.79 Å². The van der Waals surface area contributed by atoms with Crippen LogP contribution in [0.5, 0.6) is 0 Å². The van der Waals surface area contributed by atoms with Gasteiger partial charge in [-0.3, -0.25) is 9.78 Å². The van der Waals surface area contributed by atoms with E-state index in [2.05, 4.69) is 43.2 Å². The molecule has 1 amide bonds. The molecule has 0 aromatic carbocycles. The van der Waals surface area contributed by atoms with Crippen molar-refractivity contribution in [3.63, 3.8) is 0 Å². The highest BCUT2D eigenvalue weighted by Crippen LogP contribution is 2.10. The molecule has 0 atom stereocenters. The highest BCUT2D eigenvalue weighted by Gasteiger charge is 2.08. The standard InChI is InChI=1S/C15H23N3O/c1-11(2)9-14(10-12(3)4)17-18-15(19)13-5-7-16-8-6-13/h5-8,11-12H,9-10H2,1-4H3,(H,18,19). The van der Waals surface area contributed by atoms with Gasteiger partial charge in [0.2, 0.25) is 0 Å². The lowest BCUT2D eigenvalue weighted by Crippen LogP contribution is -2.21. The van der Waals surface area contributed by atoms with Crippen molar-refractivity contribution in [2.45, 2.75) is 40.5 Å². The van der Waals surface area contributed by atoms with Gasteiger partial charge in [0.1, 0.15) is 0 Å². The average molecular weight is 261 g/mol. The van der Waals surface area contributed by atoms with Gasteiger partial charge in [-0.2, -0.15) is 5.10 Å². The van der Waals surface area contributed by atoms with Gasteiger partial charge in [0.05, 0.1) is 0 Å². The molecule has 1 N–H and O–H groups in total. The summed E-state index contributed by atoms with van der Waals surface area (Å²) in [6.07, 6.45) is 5.02. The zero-order valence-electron chi connectivity index (χ0n) is 12.2. The Morgan fingerprint density at radius 3 is 2.16 bits per heavy atom. The van der Waals surface area contributed by atoms with E-state index in [-0.39, 0.29) is 5.91 Å². The predicted molar refractivity (Wildman–Crippen MR) is 78.0 cm³/mol. The third kappa shape index (κ3) is 6.13. The van der Waals surface area contributed by atoms with Crippen molar-refractivity contribution in [1.82, 2.24) is 10.4 Å². The number of amides is 1. The van der Waals surface area contributed by atoms with E-state index in [4.69, 9.17) is 0 Å². The van der Waals surface area contributed by atoms with Gasteiger partial charge in [-0.1, -0.05) is 27.7 Å². The fraction of sp³-hybridized carbons (Fsp3) is 0.533. The zero-order valence-corrected chi connectivity index (χ0v) is 12.2. The molecule has 4 nitrogen and oxygen atoms in total. The second kappa shape index (κ2) is 7.67. The molecule has 1 heterocycles. The zero-order chi connectivity index (χ0) is 14.3. The van der Waals surface area contributed by atoms with Crippen molar-refractivity contribution in [2.24, 2.45) is 16.9 Å². The van der Waals surface area contributed by atoms with Gasteiger partial charge in [-0.15, -0.1) is 0 Å². The Balaban J connectivity index is 2.66. The van der Waals surface area contributed by atoms with Crippen LogP contribution in [-0.2, 0) is 0 Å². The summed E-state index contributed by atoms with van der Waals surface area (Å²) in [5, 5.41) is 4.28. The van der Waals surface area contributed by atoms with Crippen molar-refractivity contribution in [3.8, 4) is 0 Å². The first-order chi connectivity index (χ1) is 8.99. The highest BCUT2D eigenvalue weighted by atomic mass is 16.2. The number of nitrogens with one attached hydrogen (secondary N) is 1. The lowest BCUT2D eigenvalue weighted by Gasteiger charge is -2.11. The molecule has 0 aliphatic heterocycles. The Morgan fingerprint density at radius 1 is 1.16 bits per heavy atom. The molecule has 1 aromatic rings. The van der Waals surface area contributed by atoms with Crippen LogP contribution in [0.3, 0.4) is 0 Å². The summed E-state index contributed by atoms with van der Waals surface area (Å²) in [6.45, 7) is 8.61. The van der Waals surface area contributed by atoms with Gasteiger partial charge in [-0.05, 0) is 36.8 Å². The van der Waals surface area contributed by atoms with Crippen molar-refractivity contribution in [3.05, 3.63) is 30.1 Å². The van der Waals surface area contributed by atoms with Crippen LogP contribution in [0.2, 0.25) is 0 Å². The van der Waals surface area contributed by atoms with E-state index in [1.165, 1.54) is 0 Å². The Kier molecular flexibility index (Phi) is 6.19. The largest absolute Gasteiger partial charge is 0.271 e. The molecule has 104 valence electrons. The lowest BCUT2D eigenvalue weighted by atomic mass is 9.99. The molecule has 0 saturated carbocycles. The first kappa shape index (κ1) is 15.3. The van der Waals surface area contributed by atoms with E-state index in [1.54, 1.807) is 24.5 Å². The van der Waals surface area contributed by atoms with Crippen LogP contribution in [0.1, 0.15) is 50.9 Å². The fourth-order valence-electron chi connectivity index (χ4n) is 1.81. The fourth-order valence-corrected chi connectivity index (χ4v) is 1.81. The molecule has 0 bridgehead atoms. The minimum Gasteiger partial charge on any atom is -0.267 e. The van der Waals surface area contributed by atoms with Gasteiger partial charge >= 0.3 is 0 Å². The smallest absolute Gasteiger partial charge is 0.267 e. The van der Waals surface area contributed by atoms with Gasteiger partial charge in [0, 0.05) is 23.7 Å². The van der Waals surface area contributed by atoms with Crippen LogP contribution in [-0.4, -0.2) is 16.6 Å². The minimum atomic E-state index is -0.188. The highest BCUT2D eigenvalue weighted by molar-refractivity contribution is 5.95. The molecule has 19 heavy (non-hydrogen) atoms. The first-order valence-corrected chi connectivity index (χ1v) is 6.74. The number of carbonyl (C=O) groups excluding carboxylic acids is 1. The number of aromatic nitrogens is 1. The van der Waals surface area contributed by atoms with Crippen LogP contribution in [0, 0.1) is 11.8 Å². The normalized spacial score (nSPS) is 10.6. The monoisotopic (exact) mass is 261 g/mol. The average Bonchev–Trinajstić information content (AvgIpc) is 2.35. The molecular formula is C15H23N3O. The van der Waals surface area contributed by atoms with E-state index in [1.807, 2.05) is 0 Å². The number of carbonyl (C=O) groups is 1. The molecule has 0 radical (unpaired) electrons. The molecular weight excluding hydrogens is 238 g/mol. The Bertz CT molecular complexity index is 412. The third-order valence-electron chi connectivity index (χ3n) is 2.55. The summed E-state index contributed by atoms with van der Waals surface area (Å²) in [4.78, 5) is 15.8. The molecule has 0 fully saturated rings. The molecule has 1 aromatic heterocycles. The summed E-state index contributed by atoms with van der Waals surface area (Å²) in [5.74, 6) is 0.887. The number of hydrogen-bond donors (Lipinski definition) is 1. The molecule has 4 heteroatoms. The minimum absolute atomic E-state index is 0.188. The number of hydrogen-bond acceptors (Lipinski definition) is 3. The quantitative estimate of drug-likeness (QED) is 0.631. The number of pyridine rings is 1. The third-order valence-corrected chi connectivity index (χ3v) is 2.55. The van der Waals surface area contributed by atoms with Gasteiger partial charge < -0.3 is 0 Å². The summed E-state index contributed by atoms with van der Waals surface area (Å²) in [7, 11) is 0. The van der Waals surface area contributed by atoms with Gasteiger partial charge in [0.25, 0.3) is 5.91 Å². The molecule has 1 rings (SSSR count). The summed E-state index contributed by atoms with van der Waals surface area (Å²) < 4.78 is 0. The first-order valence-electron chi connectivity index (χ1n) is 6.74. The maximum Gasteiger partial charge on any atom is 0.271 e. The Morgan fingerprint density at radius 2 is 1.68 bits per heavy atom. The number of hydrazone groups is 1. The molecule has 0 aliphatic rings. The van der Waals surface area contributed by atoms with Crippen LogP contribution in [0.15, 0.2) is 29.6 Å². The van der Waals surface area contributed by atoms with Gasteiger partial charge in [0.15, 0.2) is 0 Å². The van der Waals surface area contributed by atoms with Gasteiger partial charge in [-0.25, -0.2) is 5.43 Å². The topological polar surface area (TPSA) is 54.4 Å². The Labute approximate surface area is 115 Å². The summed E-state index contributed by atoms with van der Waals surface area (Å²) in [5.41, 5.74) is 4.26. The van der Waals surface area contributed by atoms with E-state index in [9.17, 15) is 4.79 Å². The summed E-state index contributed by atoms with van der Waals surface area (Å²) in [6, 6.07) is 3.35. The van der Waals surface area contributed by atoms with E-state index in [0.29, 0.717) is 17.4 Å². The summed E-state index contributed by atoms with van der Waals surface area (Å²) >= 11 is 0. The molecule has 0 unspecified atom stereocenters. The number of nitrogens with zero attached hydrogens (tertiary/aromatic N) is 2. The van der Waals surface area contributed by atoms with Crippen molar-refractivity contribution >= 4 is 11.6 Å². The predicted octanol–water partition coefficient (Wildman–Crippen LogP) is 3.26. The van der Waals surface area contributed by atoms with Crippen LogP contribution in [0.4, 0.5) is 0 Å². The SMILES string of the molecule is CC(C)CC(CC(C)C)=NNC(=O)c1ccncc1. The number of rotatable bonds is 6. The van der Waals surface area contributed by atoms with Crippen LogP contribution >= 0.6 is 0 Å². The van der Waals surface area contributed by atoms with Crippen molar-refractivity contribution in [2.75, 3.05) is 0 Å². The second-order valence-corrected chi connectivity index (χ2v) is 5.55. The van der Waals surface area contributed by atoms with E-state index in [0.717, 1.165) is 18.6 Å². The van der Waals surface area contributed by atoms with Crippen LogP contribution in [0.25, 0.3) is 0 Å². The van der Waals surface area contributed by atoms with E-state index >= 15 is 0 Å². The second-order valence-electron chi connectivity index (χ2n) is 5.55.